The Morgan fingerprint density at radius 2 is 1.85 bits per heavy atom. The van der Waals surface area contributed by atoms with Crippen molar-refractivity contribution in [1.82, 2.24) is 14.8 Å². The highest BCUT2D eigenvalue weighted by Crippen LogP contribution is 2.24. The van der Waals surface area contributed by atoms with E-state index in [0.717, 1.165) is 18.9 Å². The Hall–Kier alpha value is -1.72. The molecule has 1 aromatic carbocycles. The molecule has 1 amide bonds. The zero-order valence-corrected chi connectivity index (χ0v) is 17.6. The van der Waals surface area contributed by atoms with Gasteiger partial charge in [0.25, 0.3) is 0 Å². The van der Waals surface area contributed by atoms with E-state index in [1.165, 1.54) is 54.0 Å². The number of hydrogen-bond acceptors (Lipinski definition) is 4. The van der Waals surface area contributed by atoms with Gasteiger partial charge in [0.1, 0.15) is 0 Å². The van der Waals surface area contributed by atoms with Crippen LogP contribution in [0.2, 0.25) is 0 Å². The van der Waals surface area contributed by atoms with Crippen LogP contribution in [0.25, 0.3) is 0 Å². The monoisotopic (exact) mass is 385 g/mol. The lowest BCUT2D eigenvalue weighted by Crippen LogP contribution is -2.33. The number of benzene rings is 1. The molecular weight excluding hydrogens is 354 g/mol. The number of hydrogen-bond donors (Lipinski definition) is 0. The van der Waals surface area contributed by atoms with Gasteiger partial charge in [0.05, 0.1) is 11.2 Å². The summed E-state index contributed by atoms with van der Waals surface area (Å²) in [6.45, 7) is 5.54. The summed E-state index contributed by atoms with van der Waals surface area (Å²) in [6.07, 6.45) is 5.13. The van der Waals surface area contributed by atoms with E-state index in [4.69, 9.17) is 0 Å². The maximum absolute atomic E-state index is 11.7. The minimum Gasteiger partial charge on any atom is -0.349 e. The van der Waals surface area contributed by atoms with Gasteiger partial charge >= 0.3 is 0 Å². The summed E-state index contributed by atoms with van der Waals surface area (Å²) in [7, 11) is 3.63. The first kappa shape index (κ1) is 20.0. The Kier molecular flexibility index (Phi) is 7.02. The molecule has 0 spiro atoms. The standard InChI is InChI=1S/C22H31N3OS/c1-17-21(27-16-23-17)15-25-12-10-20(11-13-25)14-19-6-4-18(5-7-19)8-9-22(26)24(2)3/h4-7,16,20H,8-15H2,1-3H3. The second-order valence-electron chi connectivity index (χ2n) is 7.89. The normalized spacial score (nSPS) is 15.8. The molecule has 3 rings (SSSR count). The average molecular weight is 386 g/mol. The van der Waals surface area contributed by atoms with E-state index in [0.29, 0.717) is 6.42 Å². The van der Waals surface area contributed by atoms with E-state index in [1.807, 2.05) is 19.6 Å². The Morgan fingerprint density at radius 1 is 1.19 bits per heavy atom. The van der Waals surface area contributed by atoms with Crippen LogP contribution in [0.3, 0.4) is 0 Å². The minimum atomic E-state index is 0.194. The van der Waals surface area contributed by atoms with Crippen molar-refractivity contribution in [1.29, 1.82) is 0 Å². The van der Waals surface area contributed by atoms with Gasteiger partial charge in [-0.1, -0.05) is 24.3 Å². The van der Waals surface area contributed by atoms with Gasteiger partial charge in [-0.15, -0.1) is 11.3 Å². The third-order valence-electron chi connectivity index (χ3n) is 5.59. The third kappa shape index (κ3) is 5.88. The molecule has 5 heteroatoms. The van der Waals surface area contributed by atoms with Gasteiger partial charge in [-0.25, -0.2) is 4.98 Å². The first-order chi connectivity index (χ1) is 13.0. The Balaban J connectivity index is 1.42. The lowest BCUT2D eigenvalue weighted by Gasteiger charge is -2.31. The molecule has 1 aliphatic rings. The van der Waals surface area contributed by atoms with E-state index in [-0.39, 0.29) is 5.91 Å². The molecule has 0 atom stereocenters. The van der Waals surface area contributed by atoms with Gasteiger partial charge < -0.3 is 4.90 Å². The highest BCUT2D eigenvalue weighted by Gasteiger charge is 2.20. The third-order valence-corrected chi connectivity index (χ3v) is 6.51. The number of amides is 1. The van der Waals surface area contributed by atoms with Crippen molar-refractivity contribution in [3.63, 3.8) is 0 Å². The molecule has 2 heterocycles. The summed E-state index contributed by atoms with van der Waals surface area (Å²) in [5, 5.41) is 0. The highest BCUT2D eigenvalue weighted by atomic mass is 32.1. The maximum Gasteiger partial charge on any atom is 0.222 e. The zero-order chi connectivity index (χ0) is 19.2. The lowest BCUT2D eigenvalue weighted by molar-refractivity contribution is -0.128. The number of carbonyl (C=O) groups excluding carboxylic acids is 1. The van der Waals surface area contributed by atoms with Crippen LogP contribution in [0, 0.1) is 12.8 Å². The summed E-state index contributed by atoms with van der Waals surface area (Å²) >= 11 is 1.78. The van der Waals surface area contributed by atoms with Crippen LogP contribution in [0.5, 0.6) is 0 Å². The molecule has 0 saturated carbocycles. The van der Waals surface area contributed by atoms with E-state index < -0.39 is 0 Å². The Labute approximate surface area is 167 Å². The minimum absolute atomic E-state index is 0.194. The SMILES string of the molecule is Cc1ncsc1CN1CCC(Cc2ccc(CCC(=O)N(C)C)cc2)CC1. The van der Waals surface area contributed by atoms with Crippen LogP contribution < -0.4 is 0 Å². The molecule has 4 nitrogen and oxygen atoms in total. The molecule has 1 aliphatic heterocycles. The predicted molar refractivity (Wildman–Crippen MR) is 112 cm³/mol. The van der Waals surface area contributed by atoms with Crippen LogP contribution in [0.1, 0.15) is 41.0 Å². The largest absolute Gasteiger partial charge is 0.349 e. The van der Waals surface area contributed by atoms with Crippen LogP contribution in [-0.4, -0.2) is 47.9 Å². The second kappa shape index (κ2) is 9.47. The summed E-state index contributed by atoms with van der Waals surface area (Å²) in [5.41, 5.74) is 5.82. The van der Waals surface area contributed by atoms with E-state index >= 15 is 0 Å². The average Bonchev–Trinajstić information content (AvgIpc) is 3.07. The smallest absolute Gasteiger partial charge is 0.222 e. The Bertz CT molecular complexity index is 730. The number of piperidine rings is 1. The lowest BCUT2D eigenvalue weighted by atomic mass is 9.89. The predicted octanol–water partition coefficient (Wildman–Crippen LogP) is 3.93. The van der Waals surface area contributed by atoms with E-state index in [1.54, 1.807) is 16.2 Å². The number of thiazole rings is 1. The fraction of sp³-hybridized carbons (Fsp3) is 0.545. The zero-order valence-electron chi connectivity index (χ0n) is 16.8. The van der Waals surface area contributed by atoms with Crippen molar-refractivity contribution in [3.05, 3.63) is 51.5 Å². The van der Waals surface area contributed by atoms with Crippen LogP contribution in [0.4, 0.5) is 0 Å². The van der Waals surface area contributed by atoms with Crippen molar-refractivity contribution < 1.29 is 4.79 Å². The van der Waals surface area contributed by atoms with Crippen LogP contribution >= 0.6 is 11.3 Å². The number of aryl methyl sites for hydroxylation is 2. The molecule has 0 aliphatic carbocycles. The Morgan fingerprint density at radius 3 is 2.44 bits per heavy atom. The van der Waals surface area contributed by atoms with Crippen molar-refractivity contribution in [3.8, 4) is 0 Å². The number of aromatic nitrogens is 1. The van der Waals surface area contributed by atoms with Crippen LogP contribution in [-0.2, 0) is 24.2 Å². The molecule has 1 aromatic heterocycles. The van der Waals surface area contributed by atoms with Gasteiger partial charge in [-0.2, -0.15) is 0 Å². The molecule has 0 bridgehead atoms. The number of likely N-dealkylation sites (tertiary alicyclic amines) is 1. The topological polar surface area (TPSA) is 36.4 Å². The van der Waals surface area contributed by atoms with E-state index in [2.05, 4.69) is 41.1 Å². The first-order valence-corrected chi connectivity index (χ1v) is 10.8. The van der Waals surface area contributed by atoms with E-state index in [9.17, 15) is 4.79 Å². The molecular formula is C22H31N3OS. The molecule has 1 saturated heterocycles. The number of rotatable bonds is 7. The molecule has 1 fully saturated rings. The highest BCUT2D eigenvalue weighted by molar-refractivity contribution is 7.09. The van der Waals surface area contributed by atoms with Crippen LogP contribution in [0.15, 0.2) is 29.8 Å². The molecule has 27 heavy (non-hydrogen) atoms. The van der Waals surface area contributed by atoms with Gasteiger partial charge in [-0.05, 0) is 62.7 Å². The maximum atomic E-state index is 11.7. The quantitative estimate of drug-likeness (QED) is 0.725. The molecule has 146 valence electrons. The summed E-state index contributed by atoms with van der Waals surface area (Å²) in [6, 6.07) is 8.89. The van der Waals surface area contributed by atoms with Crippen molar-refractivity contribution >= 4 is 17.2 Å². The number of carbonyl (C=O) groups is 1. The van der Waals surface area contributed by atoms with Gasteiger partial charge in [0.2, 0.25) is 5.91 Å². The number of nitrogens with zero attached hydrogens (tertiary/aromatic N) is 3. The van der Waals surface area contributed by atoms with Gasteiger partial charge in [0.15, 0.2) is 0 Å². The fourth-order valence-electron chi connectivity index (χ4n) is 3.68. The first-order valence-electron chi connectivity index (χ1n) is 9.90. The molecule has 0 unspecified atom stereocenters. The summed E-state index contributed by atoms with van der Waals surface area (Å²) in [4.78, 5) is 21.7. The van der Waals surface area contributed by atoms with Crippen molar-refractivity contribution in [2.24, 2.45) is 5.92 Å². The summed E-state index contributed by atoms with van der Waals surface area (Å²) in [5.74, 6) is 0.976. The second-order valence-corrected chi connectivity index (χ2v) is 8.83. The molecule has 0 radical (unpaired) electrons. The molecule has 0 N–H and O–H groups in total. The summed E-state index contributed by atoms with van der Waals surface area (Å²) < 4.78 is 0. The van der Waals surface area contributed by atoms with Crippen molar-refractivity contribution in [2.45, 2.75) is 45.6 Å². The fourth-order valence-corrected chi connectivity index (χ4v) is 4.50. The van der Waals surface area contributed by atoms with Crippen molar-refractivity contribution in [2.75, 3.05) is 27.2 Å². The van der Waals surface area contributed by atoms with Gasteiger partial charge in [0, 0.05) is 31.9 Å². The molecule has 2 aromatic rings. The van der Waals surface area contributed by atoms with Gasteiger partial charge in [-0.3, -0.25) is 9.69 Å².